The number of halogens is 3. The van der Waals surface area contributed by atoms with Crippen LogP contribution in [0.5, 0.6) is 0 Å². The van der Waals surface area contributed by atoms with E-state index in [1.54, 1.807) is 6.92 Å². The van der Waals surface area contributed by atoms with Gasteiger partial charge in [-0.25, -0.2) is 14.6 Å². The third-order valence-corrected chi connectivity index (χ3v) is 9.64. The molecule has 1 saturated carbocycles. The second-order valence-corrected chi connectivity index (χ2v) is 13.8. The molecular weight excluding hydrogens is 707 g/mol. The second-order valence-electron chi connectivity index (χ2n) is 13.8. The summed E-state index contributed by atoms with van der Waals surface area (Å²) in [7, 11) is 0. The number of hydrogen-bond donors (Lipinski definition) is 5. The Balaban J connectivity index is 1.39. The first-order valence-corrected chi connectivity index (χ1v) is 18.0. The van der Waals surface area contributed by atoms with Crippen LogP contribution in [0.3, 0.4) is 0 Å². The molecule has 0 bridgehead atoms. The number of benzene rings is 2. The van der Waals surface area contributed by atoms with Gasteiger partial charge in [-0.3, -0.25) is 4.79 Å². The quantitative estimate of drug-likeness (QED) is 0.133. The van der Waals surface area contributed by atoms with Crippen molar-refractivity contribution in [1.29, 1.82) is 0 Å². The van der Waals surface area contributed by atoms with Gasteiger partial charge in [-0.05, 0) is 37.8 Å². The molecule has 14 nitrogen and oxygen atoms in total. The van der Waals surface area contributed by atoms with E-state index < -0.39 is 42.3 Å². The van der Waals surface area contributed by atoms with E-state index in [2.05, 4.69) is 26.3 Å². The summed E-state index contributed by atoms with van der Waals surface area (Å²) < 4.78 is 46.7. The minimum Gasteiger partial charge on any atom is -0.451 e. The summed E-state index contributed by atoms with van der Waals surface area (Å²) in [5, 5.41) is 23.1. The van der Waals surface area contributed by atoms with Crippen molar-refractivity contribution in [3.05, 3.63) is 78.1 Å². The average molecular weight is 752 g/mol. The Labute approximate surface area is 309 Å². The summed E-state index contributed by atoms with van der Waals surface area (Å²) in [6, 6.07) is 17.1. The number of rotatable bonds is 12. The average Bonchev–Trinajstić information content (AvgIpc) is 3.86. The molecule has 5 atom stereocenters. The highest BCUT2D eigenvalue weighted by Gasteiger charge is 2.51. The molecule has 0 unspecified atom stereocenters. The van der Waals surface area contributed by atoms with E-state index >= 15 is 0 Å². The number of esters is 1. The van der Waals surface area contributed by atoms with Gasteiger partial charge < -0.3 is 40.6 Å². The molecule has 5 N–H and O–H groups in total. The molecule has 54 heavy (non-hydrogen) atoms. The van der Waals surface area contributed by atoms with E-state index in [9.17, 15) is 32.7 Å². The summed E-state index contributed by atoms with van der Waals surface area (Å²) in [6.07, 6.45) is -6.73. The minimum absolute atomic E-state index is 0.0546. The van der Waals surface area contributed by atoms with Crippen LogP contribution in [-0.2, 0) is 14.3 Å². The topological polar surface area (TPSA) is 176 Å². The lowest BCUT2D eigenvalue weighted by molar-refractivity contribution is -0.209. The Kier molecular flexibility index (Phi) is 11.5. The number of imidazole rings is 1. The third kappa shape index (κ3) is 8.67. The number of alkyl halides is 3. The Morgan fingerprint density at radius 3 is 2.28 bits per heavy atom. The minimum atomic E-state index is -5.32. The number of urea groups is 1. The van der Waals surface area contributed by atoms with E-state index in [4.69, 9.17) is 14.7 Å². The fourth-order valence-electron chi connectivity index (χ4n) is 7.01. The zero-order valence-electron chi connectivity index (χ0n) is 30.1. The molecule has 2 aromatic carbocycles. The number of ether oxygens (including phenoxy) is 1. The number of nitrogens with one attached hydrogen (secondary N) is 4. The third-order valence-electron chi connectivity index (χ3n) is 9.64. The van der Waals surface area contributed by atoms with Crippen molar-refractivity contribution in [3.63, 3.8) is 0 Å². The summed E-state index contributed by atoms with van der Waals surface area (Å²) in [5.41, 5.74) is 2.60. The lowest BCUT2D eigenvalue weighted by Gasteiger charge is -2.25. The van der Waals surface area contributed by atoms with Gasteiger partial charge in [0.2, 0.25) is 11.9 Å². The fraction of sp³-hybridized carbons (Fsp3) is 0.459. The van der Waals surface area contributed by atoms with Crippen LogP contribution in [0.1, 0.15) is 63.1 Å². The summed E-state index contributed by atoms with van der Waals surface area (Å²) >= 11 is 0. The lowest BCUT2D eigenvalue weighted by Crippen LogP contribution is -2.45. The van der Waals surface area contributed by atoms with Crippen LogP contribution >= 0.6 is 0 Å². The molecule has 3 heterocycles. The van der Waals surface area contributed by atoms with Crippen LogP contribution in [-0.4, -0.2) is 98.7 Å². The number of aliphatic hydroxyl groups is 1. The van der Waals surface area contributed by atoms with Crippen molar-refractivity contribution in [1.82, 2.24) is 35.5 Å². The van der Waals surface area contributed by atoms with Gasteiger partial charge in [0.15, 0.2) is 23.1 Å². The molecule has 1 aliphatic heterocycles. The van der Waals surface area contributed by atoms with Crippen molar-refractivity contribution >= 4 is 40.8 Å². The van der Waals surface area contributed by atoms with Gasteiger partial charge in [0.05, 0.1) is 18.4 Å². The SMILES string of the molecule is CCC(=O)N[C@H]1C[C@@H](n2cnc3c(NCC(c4ccccc4)c4ccccc4)nc(N4CC[C@@H](NC(=O)NC(C)C)C4)nc32)[C@H](OC(=O)C(F)(F)F)[C@@H]1O. The van der Waals surface area contributed by atoms with Gasteiger partial charge in [-0.15, -0.1) is 0 Å². The largest absolute Gasteiger partial charge is 0.490 e. The number of fused-ring (bicyclic) bond motifs is 1. The van der Waals surface area contributed by atoms with Crippen LogP contribution < -0.4 is 26.2 Å². The number of aliphatic hydroxyl groups excluding tert-OH is 1. The first kappa shape index (κ1) is 38.3. The second kappa shape index (κ2) is 16.3. The molecule has 0 spiro atoms. The number of anilines is 2. The summed E-state index contributed by atoms with van der Waals surface area (Å²) in [4.78, 5) is 53.1. The molecule has 4 aromatic rings. The molecule has 2 aromatic heterocycles. The predicted molar refractivity (Wildman–Crippen MR) is 194 cm³/mol. The van der Waals surface area contributed by atoms with Gasteiger partial charge in [0.1, 0.15) is 6.10 Å². The Morgan fingerprint density at radius 1 is 1.00 bits per heavy atom. The molecule has 3 amide bonds. The van der Waals surface area contributed by atoms with Crippen LogP contribution in [0, 0.1) is 0 Å². The number of carbonyl (C=O) groups excluding carboxylic acids is 3. The zero-order chi connectivity index (χ0) is 38.6. The van der Waals surface area contributed by atoms with Gasteiger partial charge >= 0.3 is 18.2 Å². The first-order chi connectivity index (χ1) is 25.8. The van der Waals surface area contributed by atoms with Gasteiger partial charge in [-0.1, -0.05) is 67.6 Å². The number of amides is 3. The highest BCUT2D eigenvalue weighted by atomic mass is 19.4. The van der Waals surface area contributed by atoms with Crippen LogP contribution in [0.2, 0.25) is 0 Å². The standard InChI is InChI=1S/C37H44F3N9O5/c1-4-28(50)45-26-17-27(31(30(26)51)54-34(52)37(38,39)40)49-20-42-29-32(41-18-25(22-11-7-5-8-12-22)23-13-9-6-10-14-23)46-35(47-33(29)49)48-16-15-24(19-48)44-36(53)43-21(2)3/h5-14,20-21,24-27,30-31,51H,4,15-19H2,1-3H3,(H,45,50)(H,41,46,47)(H2,43,44,53)/t24-,26+,27-,30-,31+/m1/s1. The maximum atomic E-state index is 13.5. The highest BCUT2D eigenvalue weighted by molar-refractivity contribution is 5.85. The number of nitrogens with zero attached hydrogens (tertiary/aromatic N) is 5. The fourth-order valence-corrected chi connectivity index (χ4v) is 7.01. The van der Waals surface area contributed by atoms with Gasteiger partial charge in [0.25, 0.3) is 0 Å². The molecule has 6 rings (SSSR count). The van der Waals surface area contributed by atoms with Crippen LogP contribution in [0.15, 0.2) is 67.0 Å². The Morgan fingerprint density at radius 2 is 1.67 bits per heavy atom. The predicted octanol–water partition coefficient (Wildman–Crippen LogP) is 4.03. The maximum Gasteiger partial charge on any atom is 0.490 e. The van der Waals surface area contributed by atoms with Crippen LogP contribution in [0.4, 0.5) is 29.7 Å². The Bertz CT molecular complexity index is 1890. The smallest absolute Gasteiger partial charge is 0.451 e. The molecule has 0 radical (unpaired) electrons. The van der Waals surface area contributed by atoms with Crippen molar-refractivity contribution < 1.29 is 37.4 Å². The van der Waals surface area contributed by atoms with E-state index in [1.807, 2.05) is 79.4 Å². The number of carbonyl (C=O) groups is 3. The number of hydrogen-bond acceptors (Lipinski definition) is 10. The monoisotopic (exact) mass is 751 g/mol. The molecule has 1 saturated heterocycles. The molecule has 17 heteroatoms. The normalized spacial score (nSPS) is 21.4. The van der Waals surface area contributed by atoms with Crippen molar-refractivity contribution in [3.8, 4) is 0 Å². The van der Waals surface area contributed by atoms with Gasteiger partial charge in [0, 0.05) is 44.1 Å². The molecule has 1 aliphatic carbocycles. The summed E-state index contributed by atoms with van der Waals surface area (Å²) in [6.45, 7) is 6.56. The summed E-state index contributed by atoms with van der Waals surface area (Å²) in [5.74, 6) is -2.39. The first-order valence-electron chi connectivity index (χ1n) is 18.0. The maximum absolute atomic E-state index is 13.5. The van der Waals surface area contributed by atoms with Crippen molar-refractivity contribution in [2.45, 2.75) is 88.5 Å². The Hall–Kier alpha value is -5.45. The zero-order valence-corrected chi connectivity index (χ0v) is 30.1. The van der Waals surface area contributed by atoms with Crippen molar-refractivity contribution in [2.24, 2.45) is 0 Å². The molecule has 2 fully saturated rings. The molecule has 288 valence electrons. The molecule has 2 aliphatic rings. The van der Waals surface area contributed by atoms with E-state index in [1.165, 1.54) is 10.9 Å². The van der Waals surface area contributed by atoms with Crippen molar-refractivity contribution in [2.75, 3.05) is 29.9 Å². The van der Waals surface area contributed by atoms with Gasteiger partial charge in [-0.2, -0.15) is 23.1 Å². The van der Waals surface area contributed by atoms with E-state index in [0.717, 1.165) is 11.1 Å². The van der Waals surface area contributed by atoms with Crippen LogP contribution in [0.25, 0.3) is 11.2 Å². The highest BCUT2D eigenvalue weighted by Crippen LogP contribution is 2.38. The lowest BCUT2D eigenvalue weighted by atomic mass is 9.91. The number of aromatic nitrogens is 4. The van der Waals surface area contributed by atoms with E-state index in [-0.39, 0.29) is 48.5 Å². The van der Waals surface area contributed by atoms with E-state index in [0.29, 0.717) is 37.4 Å². The molecular formula is C37H44F3N9O5.